The first-order valence-electron chi connectivity index (χ1n) is 4.59. The molecule has 1 amide bonds. The molecule has 0 saturated carbocycles. The molecule has 19 heavy (non-hydrogen) atoms. The fourth-order valence-corrected chi connectivity index (χ4v) is 1.63. The number of halogens is 3. The number of methoxy groups -OCH3 is 1. The van der Waals surface area contributed by atoms with Gasteiger partial charge in [-0.05, 0) is 24.3 Å². The predicted octanol–water partition coefficient (Wildman–Crippen LogP) is 2.29. The number of anilines is 1. The third-order valence-electron chi connectivity index (χ3n) is 1.80. The van der Waals surface area contributed by atoms with Crippen LogP contribution in [-0.2, 0) is 16.0 Å². The molecule has 6 nitrogen and oxygen atoms in total. The lowest BCUT2D eigenvalue weighted by atomic mass is 10.3. The summed E-state index contributed by atoms with van der Waals surface area (Å²) in [7, 11) is 0.989. The van der Waals surface area contributed by atoms with Gasteiger partial charge in [0, 0.05) is 0 Å². The number of carbonyl (C=O) groups excluding carboxylic acids is 1. The number of nitrogens with zero attached hydrogens (tertiary/aromatic N) is 1. The van der Waals surface area contributed by atoms with E-state index in [2.05, 4.69) is 9.47 Å². The number of ether oxygens (including phenoxy) is 2. The second kappa shape index (κ2) is 5.89. The topological polar surface area (TPSA) is 76.1 Å². The molecule has 0 aliphatic carbocycles. The minimum absolute atomic E-state index is 0.123. The number of hydrogen-bond donors (Lipinski definition) is 1. The van der Waals surface area contributed by atoms with Gasteiger partial charge in [0.25, 0.3) is 11.3 Å². The Hall–Kier alpha value is -1.81. The molecule has 10 heteroatoms. The smallest absolute Gasteiger partial charge is 0.452 e. The summed E-state index contributed by atoms with van der Waals surface area (Å²) in [5.41, 5.74) is -0.123. The summed E-state index contributed by atoms with van der Waals surface area (Å²) in [6.07, 6.45) is -5.98. The van der Waals surface area contributed by atoms with Crippen LogP contribution in [0.25, 0.3) is 0 Å². The van der Waals surface area contributed by atoms with E-state index in [1.54, 1.807) is 0 Å². The Kier molecular flexibility index (Phi) is 4.72. The second-order valence-corrected chi connectivity index (χ2v) is 3.86. The highest BCUT2D eigenvalue weighted by Crippen LogP contribution is 2.26. The van der Waals surface area contributed by atoms with Crippen LogP contribution in [0.1, 0.15) is 0 Å². The molecule has 1 unspecified atom stereocenters. The SMILES string of the molecule is COC(=O)N(c1ccc(OC(F)(F)F)cc1)S(=O)O. The Balaban J connectivity index is 2.96. The predicted molar refractivity (Wildman–Crippen MR) is 58.8 cm³/mol. The normalized spacial score (nSPS) is 12.7. The fraction of sp³-hybridized carbons (Fsp3) is 0.222. The zero-order chi connectivity index (χ0) is 14.6. The first-order valence-corrected chi connectivity index (χ1v) is 5.66. The van der Waals surface area contributed by atoms with Crippen molar-refractivity contribution in [3.63, 3.8) is 0 Å². The van der Waals surface area contributed by atoms with E-state index in [-0.39, 0.29) is 5.69 Å². The van der Waals surface area contributed by atoms with Crippen molar-refractivity contribution in [1.82, 2.24) is 0 Å². The van der Waals surface area contributed by atoms with Crippen LogP contribution in [0.3, 0.4) is 0 Å². The van der Waals surface area contributed by atoms with Gasteiger partial charge in [0.2, 0.25) is 0 Å². The Morgan fingerprint density at radius 3 is 2.21 bits per heavy atom. The third kappa shape index (κ3) is 4.41. The molecule has 0 bridgehead atoms. The summed E-state index contributed by atoms with van der Waals surface area (Å²) in [6.45, 7) is 0. The maximum absolute atomic E-state index is 11.9. The number of rotatable bonds is 3. The summed E-state index contributed by atoms with van der Waals surface area (Å²) in [5, 5.41) is 0. The molecule has 0 fully saturated rings. The van der Waals surface area contributed by atoms with Gasteiger partial charge in [0.15, 0.2) is 0 Å². The van der Waals surface area contributed by atoms with Crippen molar-refractivity contribution in [3.8, 4) is 5.75 Å². The monoisotopic (exact) mass is 299 g/mol. The van der Waals surface area contributed by atoms with E-state index in [1.807, 2.05) is 0 Å². The molecule has 0 heterocycles. The highest BCUT2D eigenvalue weighted by Gasteiger charge is 2.31. The average Bonchev–Trinajstić information content (AvgIpc) is 2.29. The average molecular weight is 299 g/mol. The molecule has 1 rings (SSSR count). The van der Waals surface area contributed by atoms with E-state index in [1.165, 1.54) is 0 Å². The first kappa shape index (κ1) is 15.2. The molecule has 0 radical (unpaired) electrons. The van der Waals surface area contributed by atoms with Gasteiger partial charge in [-0.25, -0.2) is 9.00 Å². The van der Waals surface area contributed by atoms with Crippen LogP contribution in [0.2, 0.25) is 0 Å². The summed E-state index contributed by atoms with van der Waals surface area (Å²) in [4.78, 5) is 11.2. The first-order chi connectivity index (χ1) is 8.74. The zero-order valence-electron chi connectivity index (χ0n) is 9.38. The van der Waals surface area contributed by atoms with E-state index in [4.69, 9.17) is 4.55 Å². The van der Waals surface area contributed by atoms with Crippen LogP contribution in [-0.4, -0.2) is 28.3 Å². The van der Waals surface area contributed by atoms with E-state index in [0.29, 0.717) is 4.31 Å². The lowest BCUT2D eigenvalue weighted by Gasteiger charge is -2.16. The number of hydrogen-bond acceptors (Lipinski definition) is 4. The van der Waals surface area contributed by atoms with Crippen LogP contribution < -0.4 is 9.04 Å². The van der Waals surface area contributed by atoms with Gasteiger partial charge >= 0.3 is 12.5 Å². The highest BCUT2D eigenvalue weighted by molar-refractivity contribution is 7.81. The number of amides is 1. The summed E-state index contributed by atoms with van der Waals surface area (Å²) >= 11 is -2.71. The van der Waals surface area contributed by atoms with Crippen molar-refractivity contribution in [2.45, 2.75) is 6.36 Å². The number of alkyl halides is 3. The highest BCUT2D eigenvalue weighted by atomic mass is 32.2. The third-order valence-corrected chi connectivity index (χ3v) is 2.47. The lowest BCUT2D eigenvalue weighted by molar-refractivity contribution is -0.274. The van der Waals surface area contributed by atoms with Gasteiger partial charge in [-0.15, -0.1) is 13.2 Å². The van der Waals surface area contributed by atoms with Gasteiger partial charge in [0.1, 0.15) is 5.75 Å². The largest absolute Gasteiger partial charge is 0.573 e. The van der Waals surface area contributed by atoms with Crippen LogP contribution in [0.15, 0.2) is 24.3 Å². The Morgan fingerprint density at radius 1 is 1.32 bits per heavy atom. The molecule has 106 valence electrons. The van der Waals surface area contributed by atoms with Gasteiger partial charge < -0.3 is 9.47 Å². The van der Waals surface area contributed by atoms with Gasteiger partial charge in [-0.2, -0.15) is 4.31 Å². The van der Waals surface area contributed by atoms with E-state index < -0.39 is 29.5 Å². The summed E-state index contributed by atoms with van der Waals surface area (Å²) < 4.78 is 63.8. The molecule has 0 aromatic heterocycles. The van der Waals surface area contributed by atoms with E-state index in [0.717, 1.165) is 31.4 Å². The van der Waals surface area contributed by atoms with Gasteiger partial charge in [-0.1, -0.05) is 0 Å². The van der Waals surface area contributed by atoms with Crippen molar-refractivity contribution in [1.29, 1.82) is 0 Å². The molecular formula is C9H8F3NO5S. The molecule has 0 spiro atoms. The van der Waals surface area contributed by atoms with Crippen molar-refractivity contribution in [3.05, 3.63) is 24.3 Å². The fourth-order valence-electron chi connectivity index (χ4n) is 1.13. The number of benzene rings is 1. The molecule has 0 saturated heterocycles. The second-order valence-electron chi connectivity index (χ2n) is 3.04. The van der Waals surface area contributed by atoms with E-state index >= 15 is 0 Å². The van der Waals surface area contributed by atoms with Gasteiger partial charge in [0.05, 0.1) is 12.8 Å². The Bertz CT molecular complexity index is 476. The Labute approximate surface area is 108 Å². The van der Waals surface area contributed by atoms with Crippen molar-refractivity contribution in [2.24, 2.45) is 0 Å². The molecule has 1 aromatic rings. The van der Waals surface area contributed by atoms with Crippen LogP contribution in [0.5, 0.6) is 5.75 Å². The van der Waals surface area contributed by atoms with Crippen LogP contribution in [0.4, 0.5) is 23.7 Å². The standard InChI is InChI=1S/C9H8F3NO5S/c1-17-8(14)13(19(15)16)6-2-4-7(5-3-6)18-9(10,11)12/h2-5H,1H3,(H,15,16). The van der Waals surface area contributed by atoms with Crippen LogP contribution in [0, 0.1) is 0 Å². The molecule has 0 aliphatic heterocycles. The molecule has 0 aliphatic rings. The van der Waals surface area contributed by atoms with Crippen LogP contribution >= 0.6 is 0 Å². The maximum atomic E-state index is 11.9. The zero-order valence-corrected chi connectivity index (χ0v) is 10.2. The van der Waals surface area contributed by atoms with Crippen molar-refractivity contribution in [2.75, 3.05) is 11.4 Å². The maximum Gasteiger partial charge on any atom is 0.573 e. The minimum atomic E-state index is -4.84. The molecule has 1 N–H and O–H groups in total. The molecule has 1 atom stereocenters. The van der Waals surface area contributed by atoms with E-state index in [9.17, 15) is 22.2 Å². The van der Waals surface area contributed by atoms with Gasteiger partial charge in [-0.3, -0.25) is 4.55 Å². The molecule has 1 aromatic carbocycles. The summed E-state index contributed by atoms with van der Waals surface area (Å²) in [5.74, 6) is -0.523. The number of carbonyl (C=O) groups is 1. The summed E-state index contributed by atoms with van der Waals surface area (Å²) in [6, 6.07) is 3.80. The quantitative estimate of drug-likeness (QED) is 0.867. The Morgan fingerprint density at radius 2 is 1.84 bits per heavy atom. The van der Waals surface area contributed by atoms with Crippen molar-refractivity contribution < 1.29 is 36.2 Å². The van der Waals surface area contributed by atoms with Crippen molar-refractivity contribution >= 4 is 23.0 Å². The molecular weight excluding hydrogens is 291 g/mol. The minimum Gasteiger partial charge on any atom is -0.452 e. The lowest BCUT2D eigenvalue weighted by Crippen LogP contribution is -2.32.